The minimum absolute atomic E-state index is 0.208. The van der Waals surface area contributed by atoms with Crippen molar-refractivity contribution in [3.8, 4) is 0 Å². The van der Waals surface area contributed by atoms with Crippen LogP contribution in [0.2, 0.25) is 0 Å². The van der Waals surface area contributed by atoms with Crippen molar-refractivity contribution in [2.45, 2.75) is 19.8 Å². The largest absolute Gasteiger partial charge is 0.305 e. The molecule has 0 spiro atoms. The Morgan fingerprint density at radius 1 is 1.54 bits per heavy atom. The molecule has 0 aliphatic heterocycles. The first-order chi connectivity index (χ1) is 6.14. The molecule has 13 heavy (non-hydrogen) atoms. The van der Waals surface area contributed by atoms with Crippen molar-refractivity contribution < 1.29 is 8.42 Å². The summed E-state index contributed by atoms with van der Waals surface area (Å²) in [5.41, 5.74) is 0. The Balaban J connectivity index is 2.53. The summed E-state index contributed by atoms with van der Waals surface area (Å²) >= 11 is 0. The Bertz CT molecular complexity index is 333. The molecule has 1 rings (SSSR count). The van der Waals surface area contributed by atoms with E-state index in [9.17, 15) is 8.42 Å². The molecule has 0 saturated heterocycles. The lowest BCUT2D eigenvalue weighted by Gasteiger charge is -2.02. The summed E-state index contributed by atoms with van der Waals surface area (Å²) in [6, 6.07) is 0. The van der Waals surface area contributed by atoms with Crippen molar-refractivity contribution in [1.82, 2.24) is 9.32 Å². The Morgan fingerprint density at radius 2 is 2.31 bits per heavy atom. The maximum atomic E-state index is 11.4. The maximum absolute atomic E-state index is 11.4. The van der Waals surface area contributed by atoms with Gasteiger partial charge in [0.2, 0.25) is 0 Å². The number of nitrogens with zero attached hydrogens (tertiary/aromatic N) is 2. The van der Waals surface area contributed by atoms with Crippen molar-refractivity contribution in [2.24, 2.45) is 0 Å². The standard InChI is InChI=1S/C7H13N2O2PS/c1-2-3-6-13(10,11)12-9-5-4-8-7-9/h4-5,7,12H,2-3,6H2,1H3. The lowest BCUT2D eigenvalue weighted by molar-refractivity contribution is 0.606. The van der Waals surface area contributed by atoms with Crippen molar-refractivity contribution in [2.75, 3.05) is 5.75 Å². The van der Waals surface area contributed by atoms with Gasteiger partial charge < -0.3 is 4.34 Å². The van der Waals surface area contributed by atoms with Crippen LogP contribution in [-0.4, -0.2) is 23.5 Å². The van der Waals surface area contributed by atoms with Crippen molar-refractivity contribution in [3.63, 3.8) is 0 Å². The number of imidazole rings is 1. The minimum atomic E-state index is -2.92. The molecule has 0 N–H and O–H groups in total. The fraction of sp³-hybridized carbons (Fsp3) is 0.571. The van der Waals surface area contributed by atoms with Gasteiger partial charge >= 0.3 is 0 Å². The van der Waals surface area contributed by atoms with Gasteiger partial charge in [-0.2, -0.15) is 0 Å². The van der Waals surface area contributed by atoms with Gasteiger partial charge in [0.25, 0.3) is 0 Å². The average Bonchev–Trinajstić information content (AvgIpc) is 2.52. The second kappa shape index (κ2) is 4.72. The van der Waals surface area contributed by atoms with Crippen LogP contribution in [0.5, 0.6) is 0 Å². The quantitative estimate of drug-likeness (QED) is 0.706. The van der Waals surface area contributed by atoms with Gasteiger partial charge in [0.05, 0.1) is 12.1 Å². The van der Waals surface area contributed by atoms with Gasteiger partial charge in [0.1, 0.15) is 7.93 Å². The van der Waals surface area contributed by atoms with Gasteiger partial charge in [-0.25, -0.2) is 13.4 Å². The van der Waals surface area contributed by atoms with Crippen LogP contribution in [0.15, 0.2) is 18.7 Å². The second-order valence-electron chi connectivity index (χ2n) is 2.73. The molecule has 0 fully saturated rings. The molecule has 0 aromatic carbocycles. The number of unbranched alkanes of at least 4 members (excludes halogenated alkanes) is 1. The third-order valence-corrected chi connectivity index (χ3v) is 5.17. The van der Waals surface area contributed by atoms with Crippen LogP contribution in [-0.2, 0) is 9.46 Å². The van der Waals surface area contributed by atoms with E-state index in [4.69, 9.17) is 0 Å². The molecule has 0 aliphatic rings. The van der Waals surface area contributed by atoms with E-state index in [2.05, 4.69) is 4.98 Å². The molecule has 0 aliphatic carbocycles. The summed E-state index contributed by atoms with van der Waals surface area (Å²) in [6.45, 7) is 1.98. The molecule has 74 valence electrons. The molecule has 0 amide bonds. The highest BCUT2D eigenvalue weighted by atomic mass is 32.8. The normalized spacial score (nSPS) is 12.7. The number of aromatic nitrogens is 2. The molecule has 1 heterocycles. The van der Waals surface area contributed by atoms with Crippen LogP contribution in [0.3, 0.4) is 0 Å². The van der Waals surface area contributed by atoms with E-state index in [1.54, 1.807) is 16.7 Å². The molecule has 0 bridgehead atoms. The molecular weight excluding hydrogens is 207 g/mol. The average molecular weight is 220 g/mol. The van der Waals surface area contributed by atoms with Crippen molar-refractivity contribution >= 4 is 17.4 Å². The number of hydrogen-bond acceptors (Lipinski definition) is 3. The molecule has 1 aromatic heterocycles. The minimum Gasteiger partial charge on any atom is -0.305 e. The Kier molecular flexibility index (Phi) is 3.88. The van der Waals surface area contributed by atoms with E-state index in [0.29, 0.717) is 0 Å². The highest BCUT2D eigenvalue weighted by Crippen LogP contribution is 2.23. The predicted molar refractivity (Wildman–Crippen MR) is 54.6 cm³/mol. The summed E-state index contributed by atoms with van der Waals surface area (Å²) in [4.78, 5) is 3.79. The fourth-order valence-corrected chi connectivity index (χ4v) is 4.17. The highest BCUT2D eigenvalue weighted by Gasteiger charge is 2.10. The van der Waals surface area contributed by atoms with E-state index in [1.807, 2.05) is 6.92 Å². The maximum Gasteiger partial charge on any atom is 0.183 e. The predicted octanol–water partition coefficient (Wildman–Crippen LogP) is 1.45. The lowest BCUT2D eigenvalue weighted by atomic mass is 10.4. The third kappa shape index (κ3) is 3.87. The zero-order valence-corrected chi connectivity index (χ0v) is 9.29. The van der Waals surface area contributed by atoms with Crippen LogP contribution in [0.4, 0.5) is 0 Å². The first-order valence-corrected chi connectivity index (χ1v) is 7.45. The Hall–Kier alpha value is -0.410. The van der Waals surface area contributed by atoms with Gasteiger partial charge in [0, 0.05) is 12.4 Å². The summed E-state index contributed by atoms with van der Waals surface area (Å²) in [7, 11) is -3.12. The summed E-state index contributed by atoms with van der Waals surface area (Å²) in [5, 5.41) is 0. The van der Waals surface area contributed by atoms with Crippen LogP contribution in [0.25, 0.3) is 0 Å². The van der Waals surface area contributed by atoms with E-state index in [0.717, 1.165) is 12.8 Å². The first-order valence-electron chi connectivity index (χ1n) is 4.12. The van der Waals surface area contributed by atoms with Gasteiger partial charge in [-0.05, 0) is 6.42 Å². The zero-order chi connectivity index (χ0) is 9.73. The van der Waals surface area contributed by atoms with Crippen molar-refractivity contribution in [1.29, 1.82) is 0 Å². The molecule has 0 saturated carbocycles. The van der Waals surface area contributed by atoms with E-state index >= 15 is 0 Å². The second-order valence-corrected chi connectivity index (χ2v) is 7.48. The number of hydrogen-bond donors (Lipinski definition) is 0. The Labute approximate surface area is 79.9 Å². The molecule has 1 atom stereocenters. The van der Waals surface area contributed by atoms with Gasteiger partial charge in [-0.15, -0.1) is 0 Å². The summed E-state index contributed by atoms with van der Waals surface area (Å²) in [5.74, 6) is 0.278. The molecular formula is C7H13N2O2PS. The van der Waals surface area contributed by atoms with E-state index < -0.39 is 9.46 Å². The van der Waals surface area contributed by atoms with Crippen molar-refractivity contribution in [3.05, 3.63) is 18.7 Å². The van der Waals surface area contributed by atoms with Gasteiger partial charge in [-0.1, -0.05) is 13.3 Å². The highest BCUT2D eigenvalue weighted by molar-refractivity contribution is 8.43. The third-order valence-electron chi connectivity index (χ3n) is 1.52. The molecule has 1 aromatic rings. The van der Waals surface area contributed by atoms with Crippen LogP contribution >= 0.6 is 7.93 Å². The molecule has 6 heteroatoms. The molecule has 1 unspecified atom stereocenters. The van der Waals surface area contributed by atoms with E-state index in [1.165, 1.54) is 6.33 Å². The monoisotopic (exact) mass is 220 g/mol. The SMILES string of the molecule is CCCCS(=O)(=O)Pn1ccnc1. The number of rotatable bonds is 5. The first kappa shape index (κ1) is 10.7. The molecule has 0 radical (unpaired) electrons. The van der Waals surface area contributed by atoms with Gasteiger partial charge in [0.15, 0.2) is 9.46 Å². The fourth-order valence-electron chi connectivity index (χ4n) is 0.854. The topological polar surface area (TPSA) is 52.0 Å². The zero-order valence-electron chi connectivity index (χ0n) is 7.47. The van der Waals surface area contributed by atoms with Crippen LogP contribution in [0, 0.1) is 0 Å². The lowest BCUT2D eigenvalue weighted by Crippen LogP contribution is -2.00. The van der Waals surface area contributed by atoms with Crippen LogP contribution in [0.1, 0.15) is 19.8 Å². The summed E-state index contributed by atoms with van der Waals surface area (Å²) < 4.78 is 24.4. The summed E-state index contributed by atoms with van der Waals surface area (Å²) in [6.07, 6.45) is 6.43. The molecule has 4 nitrogen and oxygen atoms in total. The van der Waals surface area contributed by atoms with Gasteiger partial charge in [-0.3, -0.25) is 0 Å². The van der Waals surface area contributed by atoms with Crippen LogP contribution < -0.4 is 0 Å². The smallest absolute Gasteiger partial charge is 0.183 e. The van der Waals surface area contributed by atoms with E-state index in [-0.39, 0.29) is 13.7 Å². The Morgan fingerprint density at radius 3 is 2.85 bits per heavy atom.